The van der Waals surface area contributed by atoms with Gasteiger partial charge in [-0.05, 0) is 34.5 Å². The van der Waals surface area contributed by atoms with Crippen molar-refractivity contribution < 1.29 is 23.8 Å². The highest BCUT2D eigenvalue weighted by molar-refractivity contribution is 6.30. The molecule has 0 radical (unpaired) electrons. The molecule has 0 fully saturated rings. The number of amides is 1. The monoisotopic (exact) mass is 441 g/mol. The minimum atomic E-state index is -0.0979. The van der Waals surface area contributed by atoms with Gasteiger partial charge in [0.05, 0.1) is 19.9 Å². The summed E-state index contributed by atoms with van der Waals surface area (Å²) < 4.78 is 17.7. The standard InChI is InChI=1S/C27H23NO5/c1-31-22-15-18-14-21-24-19(10-6-11-20(24)27(30)28(21)12-7-13-29)23(18)26(32-2)25(22)33-16-17-8-4-3-5-9-17/h3-6,8-11,13-15H,7,12,16H2,1-2H3. The zero-order valence-electron chi connectivity index (χ0n) is 18.5. The first-order valence-corrected chi connectivity index (χ1v) is 10.7. The Morgan fingerprint density at radius 1 is 0.909 bits per heavy atom. The van der Waals surface area contributed by atoms with Crippen LogP contribution in [0.15, 0.2) is 60.7 Å². The van der Waals surface area contributed by atoms with Gasteiger partial charge in [-0.15, -0.1) is 0 Å². The Labute approximate surface area is 191 Å². The Kier molecular flexibility index (Phi) is 5.34. The third kappa shape index (κ3) is 3.35. The minimum absolute atomic E-state index is 0.0979. The fourth-order valence-electron chi connectivity index (χ4n) is 4.55. The van der Waals surface area contributed by atoms with Gasteiger partial charge >= 0.3 is 0 Å². The van der Waals surface area contributed by atoms with Crippen LogP contribution < -0.4 is 19.1 Å². The molecule has 1 heterocycles. The number of aldehydes is 1. The number of anilines is 1. The van der Waals surface area contributed by atoms with Crippen LogP contribution in [0.4, 0.5) is 5.69 Å². The van der Waals surface area contributed by atoms with Crippen molar-refractivity contribution in [2.24, 2.45) is 0 Å². The topological polar surface area (TPSA) is 65.1 Å². The van der Waals surface area contributed by atoms with Crippen molar-refractivity contribution in [3.8, 4) is 17.2 Å². The van der Waals surface area contributed by atoms with Gasteiger partial charge in [0.15, 0.2) is 11.5 Å². The number of ether oxygens (including phenoxy) is 3. The van der Waals surface area contributed by atoms with Crippen molar-refractivity contribution in [1.82, 2.24) is 0 Å². The Morgan fingerprint density at radius 2 is 1.73 bits per heavy atom. The summed E-state index contributed by atoms with van der Waals surface area (Å²) in [5.41, 5.74) is 2.44. The molecule has 0 atom stereocenters. The summed E-state index contributed by atoms with van der Waals surface area (Å²) in [4.78, 5) is 25.7. The van der Waals surface area contributed by atoms with E-state index in [0.29, 0.717) is 36.0 Å². The third-order valence-corrected chi connectivity index (χ3v) is 6.00. The van der Waals surface area contributed by atoms with E-state index in [9.17, 15) is 9.59 Å². The zero-order valence-corrected chi connectivity index (χ0v) is 18.5. The number of hydrogen-bond acceptors (Lipinski definition) is 5. The van der Waals surface area contributed by atoms with Crippen molar-refractivity contribution in [2.75, 3.05) is 25.7 Å². The van der Waals surface area contributed by atoms with Gasteiger partial charge in [-0.3, -0.25) is 4.79 Å². The van der Waals surface area contributed by atoms with Crippen molar-refractivity contribution in [3.05, 3.63) is 71.8 Å². The molecule has 166 valence electrons. The molecule has 0 bridgehead atoms. The highest BCUT2D eigenvalue weighted by Gasteiger charge is 2.32. The number of nitrogens with zero attached hydrogens (tertiary/aromatic N) is 1. The molecule has 1 amide bonds. The number of methoxy groups -OCH3 is 2. The highest BCUT2D eigenvalue weighted by Crippen LogP contribution is 2.50. The molecular formula is C27H23NO5. The molecule has 6 nitrogen and oxygen atoms in total. The number of carbonyl (C=O) groups is 2. The fourth-order valence-corrected chi connectivity index (χ4v) is 4.55. The second-order valence-electron chi connectivity index (χ2n) is 7.85. The van der Waals surface area contributed by atoms with E-state index in [4.69, 9.17) is 14.2 Å². The number of carbonyl (C=O) groups excluding carboxylic acids is 2. The molecule has 0 unspecified atom stereocenters. The predicted molar refractivity (Wildman–Crippen MR) is 128 cm³/mol. The number of rotatable bonds is 8. The van der Waals surface area contributed by atoms with Gasteiger partial charge in [0.2, 0.25) is 5.75 Å². The molecular weight excluding hydrogens is 418 g/mol. The van der Waals surface area contributed by atoms with Crippen LogP contribution in [0.2, 0.25) is 0 Å². The van der Waals surface area contributed by atoms with Crippen LogP contribution >= 0.6 is 0 Å². The molecule has 1 aliphatic rings. The Morgan fingerprint density at radius 3 is 2.45 bits per heavy atom. The van der Waals surface area contributed by atoms with E-state index in [1.54, 1.807) is 19.1 Å². The van der Waals surface area contributed by atoms with Gasteiger partial charge in [-0.2, -0.15) is 0 Å². The van der Waals surface area contributed by atoms with Crippen LogP contribution in [-0.2, 0) is 11.4 Å². The number of fused-ring (bicyclic) bond motifs is 2. The van der Waals surface area contributed by atoms with Gasteiger partial charge in [0.25, 0.3) is 5.91 Å². The van der Waals surface area contributed by atoms with Crippen molar-refractivity contribution in [2.45, 2.75) is 13.0 Å². The van der Waals surface area contributed by atoms with Crippen molar-refractivity contribution in [1.29, 1.82) is 0 Å². The quantitative estimate of drug-likeness (QED) is 0.280. The lowest BCUT2D eigenvalue weighted by Crippen LogP contribution is -2.27. The second kappa shape index (κ2) is 8.47. The van der Waals surface area contributed by atoms with Crippen LogP contribution in [-0.4, -0.2) is 33.0 Å². The zero-order chi connectivity index (χ0) is 22.9. The molecule has 0 aromatic heterocycles. The maximum absolute atomic E-state index is 13.1. The predicted octanol–water partition coefficient (Wildman–Crippen LogP) is 5.14. The van der Waals surface area contributed by atoms with Crippen LogP contribution in [0.3, 0.4) is 0 Å². The maximum Gasteiger partial charge on any atom is 0.259 e. The van der Waals surface area contributed by atoms with E-state index in [-0.39, 0.29) is 12.3 Å². The summed E-state index contributed by atoms with van der Waals surface area (Å²) in [5.74, 6) is 1.52. The third-order valence-electron chi connectivity index (χ3n) is 6.00. The molecule has 0 N–H and O–H groups in total. The molecule has 1 aliphatic heterocycles. The molecule has 0 spiro atoms. The second-order valence-corrected chi connectivity index (χ2v) is 7.85. The molecule has 0 aliphatic carbocycles. The number of hydrogen-bond donors (Lipinski definition) is 0. The van der Waals surface area contributed by atoms with Crippen LogP contribution in [0.25, 0.3) is 21.5 Å². The first-order valence-electron chi connectivity index (χ1n) is 10.7. The summed E-state index contributed by atoms with van der Waals surface area (Å²) in [5, 5.41) is 3.47. The van der Waals surface area contributed by atoms with E-state index in [1.165, 1.54) is 0 Å². The summed E-state index contributed by atoms with van der Waals surface area (Å²) in [6, 6.07) is 19.4. The summed E-state index contributed by atoms with van der Waals surface area (Å²) >= 11 is 0. The van der Waals surface area contributed by atoms with E-state index in [0.717, 1.165) is 39.1 Å². The molecule has 0 saturated carbocycles. The Balaban J connectivity index is 1.73. The van der Waals surface area contributed by atoms with Gasteiger partial charge in [-0.25, -0.2) is 0 Å². The Bertz CT molecular complexity index is 1380. The molecule has 33 heavy (non-hydrogen) atoms. The van der Waals surface area contributed by atoms with Gasteiger partial charge in [-0.1, -0.05) is 42.5 Å². The number of benzene rings is 4. The first kappa shape index (κ1) is 20.8. The van der Waals surface area contributed by atoms with Gasteiger partial charge in [0, 0.05) is 29.3 Å². The molecule has 0 saturated heterocycles. The van der Waals surface area contributed by atoms with Gasteiger partial charge < -0.3 is 23.9 Å². The van der Waals surface area contributed by atoms with E-state index in [2.05, 4.69) is 0 Å². The highest BCUT2D eigenvalue weighted by atomic mass is 16.5. The summed E-state index contributed by atoms with van der Waals surface area (Å²) in [7, 11) is 3.20. The molecule has 6 heteroatoms. The summed E-state index contributed by atoms with van der Waals surface area (Å²) in [6.07, 6.45) is 1.11. The van der Waals surface area contributed by atoms with Crippen LogP contribution in [0, 0.1) is 0 Å². The Hall–Kier alpha value is -4.06. The van der Waals surface area contributed by atoms with Crippen molar-refractivity contribution in [3.63, 3.8) is 0 Å². The van der Waals surface area contributed by atoms with Crippen LogP contribution in [0.1, 0.15) is 22.3 Å². The molecule has 4 aromatic rings. The summed E-state index contributed by atoms with van der Waals surface area (Å²) in [6.45, 7) is 0.697. The maximum atomic E-state index is 13.1. The van der Waals surface area contributed by atoms with E-state index >= 15 is 0 Å². The molecule has 4 aromatic carbocycles. The van der Waals surface area contributed by atoms with Crippen LogP contribution in [0.5, 0.6) is 17.2 Å². The largest absolute Gasteiger partial charge is 0.493 e. The smallest absolute Gasteiger partial charge is 0.259 e. The molecule has 5 rings (SSSR count). The lowest BCUT2D eigenvalue weighted by atomic mass is 9.97. The van der Waals surface area contributed by atoms with Crippen molar-refractivity contribution >= 4 is 39.4 Å². The van der Waals surface area contributed by atoms with Gasteiger partial charge in [0.1, 0.15) is 12.9 Å². The first-order chi connectivity index (χ1) is 16.2. The fraction of sp³-hybridized carbons (Fsp3) is 0.185. The SMILES string of the molecule is COc1cc2cc3c4c(cccc4c2c(OC)c1OCc1ccccc1)C(=O)N3CCC=O. The lowest BCUT2D eigenvalue weighted by molar-refractivity contribution is -0.107. The van der Waals surface area contributed by atoms with E-state index in [1.807, 2.05) is 60.7 Å². The normalized spacial score (nSPS) is 12.4. The average molecular weight is 441 g/mol. The average Bonchev–Trinajstić information content (AvgIpc) is 3.12. The van der Waals surface area contributed by atoms with E-state index < -0.39 is 0 Å². The minimum Gasteiger partial charge on any atom is -0.493 e. The lowest BCUT2D eigenvalue weighted by Gasteiger charge is -2.20.